The van der Waals surface area contributed by atoms with Crippen LogP contribution < -0.4 is 0 Å². The van der Waals surface area contributed by atoms with Gasteiger partial charge in [-0.3, -0.25) is 4.99 Å². The maximum absolute atomic E-state index is 9.07. The summed E-state index contributed by atoms with van der Waals surface area (Å²) in [5.41, 5.74) is 0. The summed E-state index contributed by atoms with van der Waals surface area (Å²) < 4.78 is 0. The lowest BCUT2D eigenvalue weighted by molar-refractivity contribution is 0.0778. The molecule has 0 saturated heterocycles. The summed E-state index contributed by atoms with van der Waals surface area (Å²) in [5, 5.41) is 9.07. The van der Waals surface area contributed by atoms with E-state index in [0.29, 0.717) is 0 Å². The summed E-state index contributed by atoms with van der Waals surface area (Å²) >= 11 is 0. The fourth-order valence-corrected chi connectivity index (χ4v) is 1.03. The molecule has 0 aromatic rings. The van der Waals surface area contributed by atoms with Gasteiger partial charge in [-0.25, -0.2) is 0 Å². The SMILES string of the molecule is CC1=NCCN1C(C)O. The second-order valence-electron chi connectivity index (χ2n) is 2.25. The molecule has 1 N–H and O–H groups in total. The molecule has 1 aliphatic heterocycles. The number of aliphatic hydroxyl groups is 1. The van der Waals surface area contributed by atoms with Gasteiger partial charge in [-0.2, -0.15) is 0 Å². The van der Waals surface area contributed by atoms with Crippen LogP contribution in [0.3, 0.4) is 0 Å². The summed E-state index contributed by atoms with van der Waals surface area (Å²) in [6, 6.07) is 0. The van der Waals surface area contributed by atoms with Crippen LogP contribution in [-0.4, -0.2) is 35.2 Å². The monoisotopic (exact) mass is 128 g/mol. The minimum Gasteiger partial charge on any atom is -0.374 e. The van der Waals surface area contributed by atoms with Gasteiger partial charge in [0, 0.05) is 6.54 Å². The van der Waals surface area contributed by atoms with Gasteiger partial charge in [0.05, 0.1) is 12.4 Å². The van der Waals surface area contributed by atoms with Crippen molar-refractivity contribution in [2.75, 3.05) is 13.1 Å². The highest BCUT2D eigenvalue weighted by atomic mass is 16.3. The molecule has 0 aliphatic carbocycles. The minimum absolute atomic E-state index is 0.378. The predicted octanol–water partition coefficient (Wildman–Crippen LogP) is 0.0587. The molecule has 0 aromatic carbocycles. The molecule has 0 bridgehead atoms. The van der Waals surface area contributed by atoms with E-state index in [2.05, 4.69) is 4.99 Å². The molecule has 0 radical (unpaired) electrons. The molecule has 3 heteroatoms. The fraction of sp³-hybridized carbons (Fsp3) is 0.833. The molecule has 0 aromatic heterocycles. The first-order valence-electron chi connectivity index (χ1n) is 3.17. The topological polar surface area (TPSA) is 35.8 Å². The Bertz CT molecular complexity index is 131. The van der Waals surface area contributed by atoms with Gasteiger partial charge in [-0.15, -0.1) is 0 Å². The van der Waals surface area contributed by atoms with Crippen LogP contribution in [0.4, 0.5) is 0 Å². The largest absolute Gasteiger partial charge is 0.374 e. The van der Waals surface area contributed by atoms with Crippen molar-refractivity contribution >= 4 is 5.84 Å². The zero-order valence-corrected chi connectivity index (χ0v) is 5.83. The van der Waals surface area contributed by atoms with E-state index in [-0.39, 0.29) is 6.23 Å². The molecule has 3 nitrogen and oxygen atoms in total. The molecule has 1 atom stereocenters. The number of aliphatic hydroxyl groups excluding tert-OH is 1. The molecule has 1 unspecified atom stereocenters. The van der Waals surface area contributed by atoms with E-state index >= 15 is 0 Å². The van der Waals surface area contributed by atoms with Crippen LogP contribution in [0, 0.1) is 0 Å². The van der Waals surface area contributed by atoms with Crippen molar-refractivity contribution in [3.63, 3.8) is 0 Å². The lowest BCUT2D eigenvalue weighted by Gasteiger charge is -2.20. The van der Waals surface area contributed by atoms with E-state index in [1.807, 2.05) is 11.8 Å². The summed E-state index contributed by atoms with van der Waals surface area (Å²) in [6.07, 6.45) is -0.378. The first-order chi connectivity index (χ1) is 4.22. The molecular weight excluding hydrogens is 116 g/mol. The minimum atomic E-state index is -0.378. The molecule has 52 valence electrons. The zero-order chi connectivity index (χ0) is 6.85. The van der Waals surface area contributed by atoms with Crippen molar-refractivity contribution in [2.45, 2.75) is 20.1 Å². The number of hydrogen-bond donors (Lipinski definition) is 1. The van der Waals surface area contributed by atoms with Gasteiger partial charge in [0.1, 0.15) is 6.23 Å². The summed E-state index contributed by atoms with van der Waals surface area (Å²) in [4.78, 5) is 6.00. The Balaban J connectivity index is 2.53. The number of hydrogen-bond acceptors (Lipinski definition) is 3. The third-order valence-corrected chi connectivity index (χ3v) is 1.55. The third kappa shape index (κ3) is 1.21. The van der Waals surface area contributed by atoms with Gasteiger partial charge in [0.25, 0.3) is 0 Å². The maximum Gasteiger partial charge on any atom is 0.125 e. The van der Waals surface area contributed by atoms with Crippen molar-refractivity contribution in [2.24, 2.45) is 4.99 Å². The lowest BCUT2D eigenvalue weighted by Crippen LogP contribution is -2.34. The van der Waals surface area contributed by atoms with E-state index in [4.69, 9.17) is 5.11 Å². The van der Waals surface area contributed by atoms with Gasteiger partial charge < -0.3 is 10.0 Å². The van der Waals surface area contributed by atoms with Gasteiger partial charge in [0.15, 0.2) is 0 Å². The first-order valence-corrected chi connectivity index (χ1v) is 3.17. The second kappa shape index (κ2) is 2.35. The maximum atomic E-state index is 9.07. The highest BCUT2D eigenvalue weighted by Crippen LogP contribution is 2.03. The Morgan fingerprint density at radius 1 is 1.78 bits per heavy atom. The molecule has 1 heterocycles. The summed E-state index contributed by atoms with van der Waals surface area (Å²) in [7, 11) is 0. The fourth-order valence-electron chi connectivity index (χ4n) is 1.03. The molecule has 0 saturated carbocycles. The van der Waals surface area contributed by atoms with Gasteiger partial charge in [-0.1, -0.05) is 0 Å². The van der Waals surface area contributed by atoms with Crippen LogP contribution in [0.2, 0.25) is 0 Å². The van der Waals surface area contributed by atoms with Crippen molar-refractivity contribution in [3.05, 3.63) is 0 Å². The standard InChI is InChI=1S/C6H12N2O/c1-5-7-3-4-8(5)6(2)9/h6,9H,3-4H2,1-2H3. The van der Waals surface area contributed by atoms with Crippen molar-refractivity contribution < 1.29 is 5.11 Å². The number of nitrogens with zero attached hydrogens (tertiary/aromatic N) is 2. The Morgan fingerprint density at radius 2 is 2.44 bits per heavy atom. The number of rotatable bonds is 1. The second-order valence-corrected chi connectivity index (χ2v) is 2.25. The van der Waals surface area contributed by atoms with Crippen molar-refractivity contribution in [1.82, 2.24) is 4.90 Å². The zero-order valence-electron chi connectivity index (χ0n) is 5.83. The average molecular weight is 128 g/mol. The van der Waals surface area contributed by atoms with E-state index in [1.165, 1.54) is 0 Å². The molecule has 0 fully saturated rings. The smallest absolute Gasteiger partial charge is 0.125 e. The van der Waals surface area contributed by atoms with Crippen LogP contribution in [0.25, 0.3) is 0 Å². The van der Waals surface area contributed by atoms with E-state index in [1.54, 1.807) is 6.92 Å². The quantitative estimate of drug-likeness (QED) is 0.542. The van der Waals surface area contributed by atoms with Gasteiger partial charge in [0.2, 0.25) is 0 Å². The highest BCUT2D eigenvalue weighted by molar-refractivity contribution is 5.81. The highest BCUT2D eigenvalue weighted by Gasteiger charge is 2.15. The number of amidine groups is 1. The molecule has 9 heavy (non-hydrogen) atoms. The lowest BCUT2D eigenvalue weighted by atomic mass is 10.5. The molecule has 1 aliphatic rings. The normalized spacial score (nSPS) is 22.1. The molecule has 1 rings (SSSR count). The Morgan fingerprint density at radius 3 is 2.67 bits per heavy atom. The van der Waals surface area contributed by atoms with Crippen LogP contribution in [0.1, 0.15) is 13.8 Å². The molecule has 0 amide bonds. The Labute approximate surface area is 55.0 Å². The Hall–Kier alpha value is -0.570. The predicted molar refractivity (Wildman–Crippen MR) is 36.4 cm³/mol. The van der Waals surface area contributed by atoms with Crippen molar-refractivity contribution in [1.29, 1.82) is 0 Å². The first kappa shape index (κ1) is 6.55. The molecular formula is C6H12N2O. The van der Waals surface area contributed by atoms with Crippen LogP contribution >= 0.6 is 0 Å². The van der Waals surface area contributed by atoms with Crippen LogP contribution in [-0.2, 0) is 0 Å². The van der Waals surface area contributed by atoms with Crippen LogP contribution in [0.5, 0.6) is 0 Å². The van der Waals surface area contributed by atoms with Crippen molar-refractivity contribution in [3.8, 4) is 0 Å². The third-order valence-electron chi connectivity index (χ3n) is 1.55. The van der Waals surface area contributed by atoms with Gasteiger partial charge in [-0.05, 0) is 13.8 Å². The Kier molecular flexibility index (Phi) is 1.71. The average Bonchev–Trinajstić information content (AvgIpc) is 2.13. The van der Waals surface area contributed by atoms with E-state index in [0.717, 1.165) is 18.9 Å². The summed E-state index contributed by atoms with van der Waals surface area (Å²) in [5.74, 6) is 0.949. The van der Waals surface area contributed by atoms with Gasteiger partial charge >= 0.3 is 0 Å². The van der Waals surface area contributed by atoms with E-state index < -0.39 is 0 Å². The van der Waals surface area contributed by atoms with Crippen LogP contribution in [0.15, 0.2) is 4.99 Å². The molecule has 0 spiro atoms. The van der Waals surface area contributed by atoms with E-state index in [9.17, 15) is 0 Å². The summed E-state index contributed by atoms with van der Waals surface area (Å²) in [6.45, 7) is 5.37. The number of aliphatic imine (C=N–C) groups is 1.